The first kappa shape index (κ1) is 18.8. The van der Waals surface area contributed by atoms with Gasteiger partial charge in [0.15, 0.2) is 9.84 Å². The molecule has 0 aliphatic carbocycles. The predicted molar refractivity (Wildman–Crippen MR) is 103 cm³/mol. The van der Waals surface area contributed by atoms with Crippen molar-refractivity contribution in [3.63, 3.8) is 0 Å². The quantitative estimate of drug-likeness (QED) is 0.633. The summed E-state index contributed by atoms with van der Waals surface area (Å²) in [6.07, 6.45) is 1.59. The van der Waals surface area contributed by atoms with Crippen molar-refractivity contribution in [2.24, 2.45) is 0 Å². The normalized spacial score (nSPS) is 19.6. The first-order chi connectivity index (χ1) is 11.9. The Morgan fingerprint density at radius 1 is 1.48 bits per heavy atom. The van der Waals surface area contributed by atoms with Gasteiger partial charge in [0.2, 0.25) is 5.89 Å². The lowest BCUT2D eigenvalue weighted by atomic mass is 10.2. The predicted octanol–water partition coefficient (Wildman–Crippen LogP) is 3.49. The van der Waals surface area contributed by atoms with E-state index in [1.807, 2.05) is 24.3 Å². The summed E-state index contributed by atoms with van der Waals surface area (Å²) in [5, 5.41) is 4.48. The minimum absolute atomic E-state index is 0.0119. The number of hydrogen-bond acceptors (Lipinski definition) is 6. The van der Waals surface area contributed by atoms with Crippen LogP contribution >= 0.6 is 28.1 Å². The fourth-order valence-corrected chi connectivity index (χ4v) is 5.36. The van der Waals surface area contributed by atoms with Crippen molar-refractivity contribution in [3.8, 4) is 11.5 Å². The first-order valence-corrected chi connectivity index (χ1v) is 11.2. The van der Waals surface area contributed by atoms with E-state index in [1.165, 1.54) is 0 Å². The van der Waals surface area contributed by atoms with E-state index in [-0.39, 0.29) is 22.4 Å². The molecule has 2 aromatic rings. The standard InChI is InChI=1S/C16H20BrN3O3S2/c1-2-7-19(14-6-8-25(21,22)10-14)11-20-16(24)23-15(18-20)12-4-3-5-13(17)9-12/h3-5,9,14H,2,6-8,10-11H2,1H3. The Bertz CT molecular complexity index is 907. The average Bonchev–Trinajstić information content (AvgIpc) is 3.10. The van der Waals surface area contributed by atoms with Gasteiger partial charge in [-0.2, -0.15) is 0 Å². The molecule has 1 fully saturated rings. The largest absolute Gasteiger partial charge is 0.409 e. The molecule has 0 N–H and O–H groups in total. The molecular formula is C16H20BrN3O3S2. The topological polar surface area (TPSA) is 68.3 Å². The zero-order valence-corrected chi connectivity index (χ0v) is 17.1. The maximum Gasteiger partial charge on any atom is 0.288 e. The minimum Gasteiger partial charge on any atom is -0.409 e. The van der Waals surface area contributed by atoms with E-state index < -0.39 is 9.84 Å². The summed E-state index contributed by atoms with van der Waals surface area (Å²) in [7, 11) is -2.93. The van der Waals surface area contributed by atoms with Crippen LogP contribution in [0, 0.1) is 4.84 Å². The molecule has 9 heteroatoms. The molecule has 6 nitrogen and oxygen atoms in total. The second-order valence-corrected chi connectivity index (χ2v) is 9.69. The number of hydrogen-bond donors (Lipinski definition) is 0. The van der Waals surface area contributed by atoms with E-state index in [1.54, 1.807) is 4.68 Å². The fourth-order valence-electron chi connectivity index (χ4n) is 3.03. The summed E-state index contributed by atoms with van der Waals surface area (Å²) in [5.74, 6) is 0.920. The molecule has 1 unspecified atom stereocenters. The number of rotatable bonds is 6. The number of benzene rings is 1. The summed E-state index contributed by atoms with van der Waals surface area (Å²) in [5.41, 5.74) is 0.838. The monoisotopic (exact) mass is 445 g/mol. The van der Waals surface area contributed by atoms with E-state index in [0.29, 0.717) is 19.0 Å². The number of aromatic nitrogens is 2. The van der Waals surface area contributed by atoms with Crippen LogP contribution in [0.2, 0.25) is 0 Å². The minimum atomic E-state index is -2.93. The molecule has 136 valence electrons. The van der Waals surface area contributed by atoms with Crippen LogP contribution in [-0.4, -0.2) is 47.2 Å². The molecule has 1 saturated heterocycles. The summed E-state index contributed by atoms with van der Waals surface area (Å²) >= 11 is 8.74. The Morgan fingerprint density at radius 2 is 2.28 bits per heavy atom. The molecule has 0 bridgehead atoms. The van der Waals surface area contributed by atoms with Gasteiger partial charge in [0.05, 0.1) is 18.2 Å². The summed E-state index contributed by atoms with van der Waals surface area (Å²) in [4.78, 5) is 2.42. The Balaban J connectivity index is 1.82. The van der Waals surface area contributed by atoms with E-state index in [9.17, 15) is 8.42 Å². The van der Waals surface area contributed by atoms with Gasteiger partial charge in [0, 0.05) is 16.1 Å². The van der Waals surface area contributed by atoms with Gasteiger partial charge in [0.1, 0.15) is 0 Å². The van der Waals surface area contributed by atoms with Crippen LogP contribution in [0.3, 0.4) is 0 Å². The second kappa shape index (κ2) is 7.69. The molecule has 1 aliphatic heterocycles. The Hall–Kier alpha value is -1.03. The van der Waals surface area contributed by atoms with Crippen LogP contribution in [0.5, 0.6) is 0 Å². The molecule has 0 saturated carbocycles. The average molecular weight is 446 g/mol. The maximum absolute atomic E-state index is 11.8. The van der Waals surface area contributed by atoms with Crippen molar-refractivity contribution in [1.29, 1.82) is 0 Å². The summed E-state index contributed by atoms with van der Waals surface area (Å²) in [6.45, 7) is 3.30. The van der Waals surface area contributed by atoms with Gasteiger partial charge in [-0.05, 0) is 49.8 Å². The molecule has 1 aliphatic rings. The van der Waals surface area contributed by atoms with Crippen LogP contribution in [0.15, 0.2) is 33.2 Å². The smallest absolute Gasteiger partial charge is 0.288 e. The molecule has 1 atom stereocenters. The van der Waals surface area contributed by atoms with Crippen molar-refractivity contribution in [2.75, 3.05) is 18.1 Å². The van der Waals surface area contributed by atoms with E-state index in [4.69, 9.17) is 16.6 Å². The highest BCUT2D eigenvalue weighted by molar-refractivity contribution is 9.10. The number of halogens is 1. The van der Waals surface area contributed by atoms with Crippen LogP contribution in [0.25, 0.3) is 11.5 Å². The van der Waals surface area contributed by atoms with E-state index in [0.717, 1.165) is 23.0 Å². The lowest BCUT2D eigenvalue weighted by molar-refractivity contribution is 0.153. The highest BCUT2D eigenvalue weighted by atomic mass is 79.9. The van der Waals surface area contributed by atoms with E-state index >= 15 is 0 Å². The van der Waals surface area contributed by atoms with Crippen molar-refractivity contribution >= 4 is 38.0 Å². The molecule has 2 heterocycles. The molecule has 3 rings (SSSR count). The molecule has 0 spiro atoms. The lowest BCUT2D eigenvalue weighted by Gasteiger charge is -2.26. The van der Waals surface area contributed by atoms with Gasteiger partial charge in [0.25, 0.3) is 4.84 Å². The van der Waals surface area contributed by atoms with Crippen molar-refractivity contribution in [3.05, 3.63) is 33.6 Å². The van der Waals surface area contributed by atoms with Crippen LogP contribution in [-0.2, 0) is 16.5 Å². The zero-order valence-electron chi connectivity index (χ0n) is 13.9. The molecule has 1 aromatic carbocycles. The Morgan fingerprint density at radius 3 is 2.92 bits per heavy atom. The van der Waals surface area contributed by atoms with Crippen LogP contribution in [0.1, 0.15) is 19.8 Å². The fraction of sp³-hybridized carbons (Fsp3) is 0.500. The van der Waals surface area contributed by atoms with Crippen molar-refractivity contribution < 1.29 is 12.8 Å². The van der Waals surface area contributed by atoms with Crippen LogP contribution in [0.4, 0.5) is 0 Å². The molecular weight excluding hydrogens is 426 g/mol. The summed E-state index contributed by atoms with van der Waals surface area (Å²) < 4.78 is 31.8. The molecule has 0 amide bonds. The molecule has 0 radical (unpaired) electrons. The SMILES string of the molecule is CCCN(Cn1nc(-c2cccc(Br)c2)oc1=S)C1CCS(=O)(=O)C1. The third kappa shape index (κ3) is 4.58. The highest BCUT2D eigenvalue weighted by Crippen LogP contribution is 2.23. The number of nitrogens with zero attached hydrogens (tertiary/aromatic N) is 3. The maximum atomic E-state index is 11.8. The highest BCUT2D eigenvalue weighted by Gasteiger charge is 2.32. The summed E-state index contributed by atoms with van der Waals surface area (Å²) in [6, 6.07) is 7.67. The van der Waals surface area contributed by atoms with Gasteiger partial charge >= 0.3 is 0 Å². The third-order valence-corrected chi connectivity index (χ3v) is 6.77. The van der Waals surface area contributed by atoms with Crippen molar-refractivity contribution in [1.82, 2.24) is 14.7 Å². The Labute approximate surface area is 160 Å². The molecule has 25 heavy (non-hydrogen) atoms. The van der Waals surface area contributed by atoms with E-state index in [2.05, 4.69) is 32.9 Å². The first-order valence-electron chi connectivity index (χ1n) is 8.16. The lowest BCUT2D eigenvalue weighted by Crippen LogP contribution is -2.38. The van der Waals surface area contributed by atoms with Gasteiger partial charge < -0.3 is 4.42 Å². The molecule has 1 aromatic heterocycles. The van der Waals surface area contributed by atoms with Gasteiger partial charge in [-0.1, -0.05) is 28.9 Å². The third-order valence-electron chi connectivity index (χ3n) is 4.23. The van der Waals surface area contributed by atoms with Gasteiger partial charge in [-0.15, -0.1) is 5.10 Å². The van der Waals surface area contributed by atoms with Crippen LogP contribution < -0.4 is 0 Å². The zero-order chi connectivity index (χ0) is 18.0. The van der Waals surface area contributed by atoms with Gasteiger partial charge in [-0.25, -0.2) is 13.1 Å². The second-order valence-electron chi connectivity index (χ2n) is 6.19. The van der Waals surface area contributed by atoms with Crippen molar-refractivity contribution in [2.45, 2.75) is 32.5 Å². The number of sulfone groups is 1. The Kier molecular flexibility index (Phi) is 5.77. The van der Waals surface area contributed by atoms with Gasteiger partial charge in [-0.3, -0.25) is 4.90 Å².